The Labute approximate surface area is 242 Å². The maximum atomic E-state index is 14.7. The summed E-state index contributed by atoms with van der Waals surface area (Å²) in [5, 5.41) is 11.9. The van der Waals surface area contributed by atoms with Crippen molar-refractivity contribution in [1.29, 1.82) is 0 Å². The van der Waals surface area contributed by atoms with Gasteiger partial charge >= 0.3 is 5.97 Å². The molecule has 2 aromatic heterocycles. The number of aliphatic carboxylic acids is 1. The summed E-state index contributed by atoms with van der Waals surface area (Å²) >= 11 is 0. The number of imidazole rings is 1. The van der Waals surface area contributed by atoms with E-state index in [-0.39, 0.29) is 23.6 Å². The number of hydrogen-bond acceptors (Lipinski definition) is 5. The summed E-state index contributed by atoms with van der Waals surface area (Å²) in [7, 11) is 0. The third kappa shape index (κ3) is 8.18. The maximum absolute atomic E-state index is 14.7. The van der Waals surface area contributed by atoms with Crippen LogP contribution in [0.2, 0.25) is 0 Å². The molecule has 9 nitrogen and oxygen atoms in total. The van der Waals surface area contributed by atoms with E-state index in [4.69, 9.17) is 5.73 Å². The molecule has 2 amide bonds. The van der Waals surface area contributed by atoms with Gasteiger partial charge in [0.2, 0.25) is 11.7 Å². The second-order valence-corrected chi connectivity index (χ2v) is 10.6. The van der Waals surface area contributed by atoms with Crippen molar-refractivity contribution < 1.29 is 28.3 Å². The topological polar surface area (TPSA) is 140 Å². The van der Waals surface area contributed by atoms with Gasteiger partial charge in [0.25, 0.3) is 5.91 Å². The van der Waals surface area contributed by atoms with Crippen molar-refractivity contribution in [2.45, 2.75) is 59.9 Å². The molecule has 0 aliphatic rings. The Morgan fingerprint density at radius 1 is 1.07 bits per heavy atom. The SMILES string of the molecule is Cc1cc(C)c(-c2cc(F)c(F)c(C(CC(=O)O)NC(=O)CCC(C)C)c2)c(C)c1.NC(=O)c1cn2cccnc2n1. The first kappa shape index (κ1) is 31.9. The van der Waals surface area contributed by atoms with Crippen molar-refractivity contribution in [3.63, 3.8) is 0 Å². The molecule has 11 heteroatoms. The number of carbonyl (C=O) groups is 3. The molecule has 0 aliphatic carbocycles. The third-order valence-corrected chi connectivity index (χ3v) is 6.55. The van der Waals surface area contributed by atoms with Gasteiger partial charge in [-0.2, -0.15) is 0 Å². The van der Waals surface area contributed by atoms with Crippen LogP contribution in [0.25, 0.3) is 16.9 Å². The molecule has 0 aliphatic heterocycles. The average Bonchev–Trinajstić information content (AvgIpc) is 3.33. The number of primary amides is 1. The lowest BCUT2D eigenvalue weighted by Crippen LogP contribution is -2.31. The number of aryl methyl sites for hydroxylation is 3. The number of nitrogens with one attached hydrogen (secondary N) is 1. The zero-order chi connectivity index (χ0) is 31.1. The number of halogens is 2. The highest BCUT2D eigenvalue weighted by Gasteiger charge is 2.25. The largest absolute Gasteiger partial charge is 0.481 e. The number of carboxylic acids is 1. The first-order chi connectivity index (χ1) is 19.8. The molecule has 222 valence electrons. The van der Waals surface area contributed by atoms with Crippen molar-refractivity contribution >= 4 is 23.6 Å². The predicted molar refractivity (Wildman–Crippen MR) is 155 cm³/mol. The van der Waals surface area contributed by atoms with E-state index in [1.165, 1.54) is 6.07 Å². The number of benzene rings is 2. The smallest absolute Gasteiger partial charge is 0.305 e. The summed E-state index contributed by atoms with van der Waals surface area (Å²) in [6.45, 7) is 9.66. The molecule has 0 fully saturated rings. The van der Waals surface area contributed by atoms with Crippen LogP contribution in [-0.2, 0) is 9.59 Å². The number of aromatic nitrogens is 3. The monoisotopic (exact) mass is 579 g/mol. The maximum Gasteiger partial charge on any atom is 0.305 e. The van der Waals surface area contributed by atoms with Gasteiger partial charge in [0.1, 0.15) is 5.69 Å². The van der Waals surface area contributed by atoms with Gasteiger partial charge in [-0.1, -0.05) is 31.5 Å². The molecule has 0 radical (unpaired) electrons. The summed E-state index contributed by atoms with van der Waals surface area (Å²) in [6.07, 6.45) is 5.16. The lowest BCUT2D eigenvalue weighted by molar-refractivity contribution is -0.137. The Morgan fingerprint density at radius 3 is 2.31 bits per heavy atom. The first-order valence-electron chi connectivity index (χ1n) is 13.4. The summed E-state index contributed by atoms with van der Waals surface area (Å²) in [5.41, 5.74) is 9.18. The summed E-state index contributed by atoms with van der Waals surface area (Å²) in [4.78, 5) is 42.2. The molecule has 42 heavy (non-hydrogen) atoms. The standard InChI is InChI=1S/C24H29F2NO3.C7H6N4O/c1-13(2)6-7-21(28)27-20(12-22(29)30)18-10-17(11-19(25)24(18)26)23-15(4)8-14(3)9-16(23)5;8-6(12)5-4-11-3-1-2-9-7(11)10-5/h8-11,13,20H,6-7,12H2,1-5H3,(H,27,28)(H,29,30);1-4H,(H2,8,12). The molecule has 2 heterocycles. The van der Waals surface area contributed by atoms with E-state index < -0.39 is 36.0 Å². The quantitative estimate of drug-likeness (QED) is 0.241. The number of amides is 2. The lowest BCUT2D eigenvalue weighted by atomic mass is 9.91. The van der Waals surface area contributed by atoms with Crippen LogP contribution >= 0.6 is 0 Å². The van der Waals surface area contributed by atoms with E-state index in [2.05, 4.69) is 15.3 Å². The number of fused-ring (bicyclic) bond motifs is 1. The van der Waals surface area contributed by atoms with Gasteiger partial charge in [0, 0.05) is 30.6 Å². The van der Waals surface area contributed by atoms with Crippen molar-refractivity contribution in [1.82, 2.24) is 19.7 Å². The summed E-state index contributed by atoms with van der Waals surface area (Å²) < 4.78 is 30.9. The number of carboxylic acid groups (broad SMARTS) is 1. The van der Waals surface area contributed by atoms with Crippen LogP contribution in [0.4, 0.5) is 8.78 Å². The molecule has 0 saturated carbocycles. The van der Waals surface area contributed by atoms with E-state index >= 15 is 0 Å². The number of hydrogen-bond donors (Lipinski definition) is 3. The predicted octanol–water partition coefficient (Wildman–Crippen LogP) is 5.45. The van der Waals surface area contributed by atoms with Gasteiger partial charge in [-0.15, -0.1) is 0 Å². The Bertz CT molecular complexity index is 1560. The Balaban J connectivity index is 0.000000332. The molecular formula is C31H35F2N5O4. The second kappa shape index (κ2) is 13.8. The molecule has 4 rings (SSSR count). The Hall–Kier alpha value is -4.67. The number of nitrogens with two attached hydrogens (primary N) is 1. The van der Waals surface area contributed by atoms with Gasteiger partial charge in [0.05, 0.1) is 12.5 Å². The minimum atomic E-state index is -1.21. The van der Waals surface area contributed by atoms with Crippen LogP contribution in [0.15, 0.2) is 48.9 Å². The van der Waals surface area contributed by atoms with Crippen LogP contribution < -0.4 is 11.1 Å². The molecule has 0 spiro atoms. The fourth-order valence-corrected chi connectivity index (χ4v) is 4.69. The number of nitrogens with zero attached hydrogens (tertiary/aromatic N) is 3. The molecule has 0 saturated heterocycles. The van der Waals surface area contributed by atoms with E-state index in [9.17, 15) is 28.3 Å². The van der Waals surface area contributed by atoms with Gasteiger partial charge in [-0.05, 0) is 73.6 Å². The molecule has 0 bridgehead atoms. The minimum absolute atomic E-state index is 0.162. The average molecular weight is 580 g/mol. The highest BCUT2D eigenvalue weighted by atomic mass is 19.2. The second-order valence-electron chi connectivity index (χ2n) is 10.6. The summed E-state index contributed by atoms with van der Waals surface area (Å²) in [6, 6.07) is 7.04. The Kier molecular flexibility index (Phi) is 10.5. The van der Waals surface area contributed by atoms with Gasteiger partial charge in [-0.3, -0.25) is 18.8 Å². The first-order valence-corrected chi connectivity index (χ1v) is 13.4. The van der Waals surface area contributed by atoms with Crippen LogP contribution in [0.1, 0.15) is 71.9 Å². The van der Waals surface area contributed by atoms with Crippen molar-refractivity contribution in [3.05, 3.63) is 88.5 Å². The van der Waals surface area contributed by atoms with Gasteiger partial charge in [0.15, 0.2) is 11.6 Å². The van der Waals surface area contributed by atoms with Crippen molar-refractivity contribution in [3.8, 4) is 11.1 Å². The van der Waals surface area contributed by atoms with Crippen LogP contribution in [0, 0.1) is 38.3 Å². The van der Waals surface area contributed by atoms with E-state index in [0.29, 0.717) is 23.7 Å². The normalized spacial score (nSPS) is 11.6. The summed E-state index contributed by atoms with van der Waals surface area (Å²) in [5.74, 6) is -3.59. The third-order valence-electron chi connectivity index (χ3n) is 6.55. The number of rotatable bonds is 9. The molecule has 1 atom stereocenters. The van der Waals surface area contributed by atoms with Crippen LogP contribution in [0.3, 0.4) is 0 Å². The zero-order valence-corrected chi connectivity index (χ0v) is 24.2. The zero-order valence-electron chi connectivity index (χ0n) is 24.2. The molecule has 4 N–H and O–H groups in total. The molecular weight excluding hydrogens is 544 g/mol. The van der Waals surface area contributed by atoms with Gasteiger partial charge < -0.3 is 16.2 Å². The Morgan fingerprint density at radius 2 is 1.74 bits per heavy atom. The van der Waals surface area contributed by atoms with Crippen LogP contribution in [-0.4, -0.2) is 37.3 Å². The highest BCUT2D eigenvalue weighted by Crippen LogP contribution is 2.33. The van der Waals surface area contributed by atoms with Crippen molar-refractivity contribution in [2.24, 2.45) is 11.7 Å². The molecule has 4 aromatic rings. The number of carbonyl (C=O) groups excluding carboxylic acids is 2. The minimum Gasteiger partial charge on any atom is -0.481 e. The highest BCUT2D eigenvalue weighted by molar-refractivity contribution is 5.91. The molecule has 2 aromatic carbocycles. The van der Waals surface area contributed by atoms with E-state index in [1.807, 2.05) is 46.8 Å². The van der Waals surface area contributed by atoms with Crippen molar-refractivity contribution in [2.75, 3.05) is 0 Å². The molecule has 1 unspecified atom stereocenters. The van der Waals surface area contributed by atoms with E-state index in [0.717, 1.165) is 28.3 Å². The fourth-order valence-electron chi connectivity index (χ4n) is 4.69. The lowest BCUT2D eigenvalue weighted by Gasteiger charge is -2.21. The van der Waals surface area contributed by atoms with Crippen LogP contribution in [0.5, 0.6) is 0 Å². The van der Waals surface area contributed by atoms with E-state index in [1.54, 1.807) is 29.1 Å². The van der Waals surface area contributed by atoms with Gasteiger partial charge in [-0.25, -0.2) is 18.7 Å². The fraction of sp³-hybridized carbons (Fsp3) is 0.323.